The summed E-state index contributed by atoms with van der Waals surface area (Å²) in [6.07, 6.45) is 10.8. The summed E-state index contributed by atoms with van der Waals surface area (Å²) in [7, 11) is 0. The predicted octanol–water partition coefficient (Wildman–Crippen LogP) is 5.62. The molecule has 0 aromatic rings. The van der Waals surface area contributed by atoms with E-state index in [2.05, 4.69) is 39.5 Å². The van der Waals surface area contributed by atoms with E-state index < -0.39 is 0 Å². The Balaban J connectivity index is 3.80. The van der Waals surface area contributed by atoms with Crippen molar-refractivity contribution in [2.24, 2.45) is 5.92 Å². The molecule has 0 bridgehead atoms. The van der Waals surface area contributed by atoms with Gasteiger partial charge < -0.3 is 0 Å². The Bertz CT molecular complexity index is 350. The number of carbonyl (C=O) groups excluding carboxylic acids is 1. The Morgan fingerprint density at radius 1 is 1.16 bits per heavy atom. The summed E-state index contributed by atoms with van der Waals surface area (Å²) in [6, 6.07) is 0. The molecule has 0 aromatic heterocycles. The Kier molecular flexibility index (Phi) is 10.2. The van der Waals surface area contributed by atoms with Crippen molar-refractivity contribution in [3.63, 3.8) is 0 Å². The molecule has 0 aliphatic carbocycles. The van der Waals surface area contributed by atoms with Gasteiger partial charge in [0.2, 0.25) is 0 Å². The molecule has 0 aliphatic heterocycles. The molecule has 0 saturated carbocycles. The van der Waals surface area contributed by atoms with Gasteiger partial charge in [-0.25, -0.2) is 0 Å². The van der Waals surface area contributed by atoms with Crippen molar-refractivity contribution in [1.82, 2.24) is 0 Å². The monoisotopic (exact) mass is 262 g/mol. The van der Waals surface area contributed by atoms with E-state index in [1.54, 1.807) is 6.92 Å². The lowest BCUT2D eigenvalue weighted by Gasteiger charge is -2.09. The van der Waals surface area contributed by atoms with E-state index in [0.29, 0.717) is 6.42 Å². The number of hydrogen-bond acceptors (Lipinski definition) is 1. The van der Waals surface area contributed by atoms with Gasteiger partial charge in [-0.2, -0.15) is 0 Å². The zero-order chi connectivity index (χ0) is 14.7. The minimum absolute atomic E-state index is 0.202. The van der Waals surface area contributed by atoms with Gasteiger partial charge in [-0.3, -0.25) is 4.79 Å². The van der Waals surface area contributed by atoms with Gasteiger partial charge in [0.15, 0.2) is 0 Å². The molecule has 0 rings (SSSR count). The number of carbonyl (C=O) groups is 1. The third-order valence-corrected chi connectivity index (χ3v) is 3.20. The summed E-state index contributed by atoms with van der Waals surface area (Å²) in [5.74, 6) is 0.998. The van der Waals surface area contributed by atoms with Crippen LogP contribution in [0.4, 0.5) is 0 Å². The van der Waals surface area contributed by atoms with Crippen LogP contribution in [0.15, 0.2) is 29.0 Å². The smallest absolute Gasteiger partial charge is 0.134 e. The van der Waals surface area contributed by atoms with E-state index >= 15 is 0 Å². The minimum Gasteiger partial charge on any atom is -0.300 e. The van der Waals surface area contributed by atoms with Crippen molar-refractivity contribution < 1.29 is 4.79 Å². The summed E-state index contributed by atoms with van der Waals surface area (Å²) >= 11 is 0. The minimum atomic E-state index is 0.202. The molecule has 0 saturated heterocycles. The van der Waals surface area contributed by atoms with E-state index in [-0.39, 0.29) is 5.78 Å². The van der Waals surface area contributed by atoms with Crippen LogP contribution < -0.4 is 0 Å². The third kappa shape index (κ3) is 13.2. The second kappa shape index (κ2) is 10.8. The lowest BCUT2D eigenvalue weighted by Crippen LogP contribution is -1.94. The van der Waals surface area contributed by atoms with Crippen LogP contribution >= 0.6 is 0 Å². The van der Waals surface area contributed by atoms with E-state index in [4.69, 9.17) is 0 Å². The molecule has 108 valence electrons. The van der Waals surface area contributed by atoms with Crippen molar-refractivity contribution in [2.45, 2.75) is 73.1 Å². The van der Waals surface area contributed by atoms with Gasteiger partial charge >= 0.3 is 0 Å². The zero-order valence-electron chi connectivity index (χ0n) is 13.4. The van der Waals surface area contributed by atoms with E-state index in [1.165, 1.54) is 36.8 Å². The Morgan fingerprint density at radius 2 is 1.84 bits per heavy atom. The molecule has 0 spiro atoms. The number of allylic oxidation sites excluding steroid dienone is 3. The van der Waals surface area contributed by atoms with Gasteiger partial charge in [0.25, 0.3) is 0 Å². The average molecular weight is 262 g/mol. The van der Waals surface area contributed by atoms with Gasteiger partial charge in [0, 0.05) is 6.42 Å². The first-order valence-electron chi connectivity index (χ1n) is 7.45. The first kappa shape index (κ1) is 17.9. The van der Waals surface area contributed by atoms with Gasteiger partial charge in [-0.15, -0.1) is 5.73 Å². The van der Waals surface area contributed by atoms with E-state index in [1.807, 2.05) is 6.08 Å². The molecule has 1 heteroatoms. The van der Waals surface area contributed by atoms with Gasteiger partial charge in [0.1, 0.15) is 5.78 Å². The summed E-state index contributed by atoms with van der Waals surface area (Å²) in [5, 5.41) is 0. The quantitative estimate of drug-likeness (QED) is 0.389. The number of Topliss-reactive ketones (excluding diaryl/α,β-unsaturated/α-hetero) is 1. The van der Waals surface area contributed by atoms with Crippen LogP contribution in [0.25, 0.3) is 0 Å². The van der Waals surface area contributed by atoms with Crippen molar-refractivity contribution >= 4 is 5.78 Å². The fourth-order valence-electron chi connectivity index (χ4n) is 1.96. The lowest BCUT2D eigenvalue weighted by molar-refractivity contribution is -0.116. The van der Waals surface area contributed by atoms with Crippen molar-refractivity contribution in [2.75, 3.05) is 0 Å². The van der Waals surface area contributed by atoms with Crippen molar-refractivity contribution in [3.8, 4) is 0 Å². The van der Waals surface area contributed by atoms with E-state index in [0.717, 1.165) is 12.3 Å². The molecular weight excluding hydrogens is 232 g/mol. The maximum atomic E-state index is 10.8. The highest BCUT2D eigenvalue weighted by molar-refractivity contribution is 5.76. The maximum Gasteiger partial charge on any atom is 0.134 e. The molecule has 1 nitrogen and oxygen atoms in total. The SMILES string of the molecule is CC(=O)CC=C=C(C)CCCC(C)CCC=C(C)C. The molecule has 0 heterocycles. The summed E-state index contributed by atoms with van der Waals surface area (Å²) in [4.78, 5) is 10.8. The summed E-state index contributed by atoms with van der Waals surface area (Å²) in [5.41, 5.74) is 5.89. The van der Waals surface area contributed by atoms with Crippen molar-refractivity contribution in [1.29, 1.82) is 0 Å². The average Bonchev–Trinajstić information content (AvgIpc) is 2.27. The Morgan fingerprint density at radius 3 is 2.42 bits per heavy atom. The fraction of sp³-hybridized carbons (Fsp3) is 0.667. The molecule has 0 aliphatic rings. The van der Waals surface area contributed by atoms with Gasteiger partial charge in [-0.05, 0) is 70.9 Å². The molecule has 0 radical (unpaired) electrons. The molecule has 0 amide bonds. The molecule has 0 fully saturated rings. The molecular formula is C18H30O. The standard InChI is InChI=1S/C18H30O/c1-15(2)9-6-10-16(3)11-7-12-17(4)13-8-14-18(5)19/h8-9,16H,6-7,10-12,14H2,1-5H3. The number of hydrogen-bond donors (Lipinski definition) is 0. The second-order valence-electron chi connectivity index (χ2n) is 5.89. The fourth-order valence-corrected chi connectivity index (χ4v) is 1.96. The molecule has 1 unspecified atom stereocenters. The first-order chi connectivity index (χ1) is 8.91. The van der Waals surface area contributed by atoms with Gasteiger partial charge in [0.05, 0.1) is 0 Å². The number of rotatable bonds is 9. The number of ketones is 1. The largest absolute Gasteiger partial charge is 0.300 e. The summed E-state index contributed by atoms with van der Waals surface area (Å²) in [6.45, 7) is 10.4. The predicted molar refractivity (Wildman–Crippen MR) is 84.2 cm³/mol. The van der Waals surface area contributed by atoms with Crippen LogP contribution in [-0.2, 0) is 4.79 Å². The first-order valence-corrected chi connectivity index (χ1v) is 7.45. The second-order valence-corrected chi connectivity index (χ2v) is 5.89. The van der Waals surface area contributed by atoms with Crippen LogP contribution in [0.1, 0.15) is 73.1 Å². The van der Waals surface area contributed by atoms with Crippen LogP contribution in [0.3, 0.4) is 0 Å². The van der Waals surface area contributed by atoms with Crippen LogP contribution in [-0.4, -0.2) is 5.78 Å². The topological polar surface area (TPSA) is 17.1 Å². The van der Waals surface area contributed by atoms with E-state index in [9.17, 15) is 4.79 Å². The van der Waals surface area contributed by atoms with Crippen LogP contribution in [0.5, 0.6) is 0 Å². The highest BCUT2D eigenvalue weighted by atomic mass is 16.1. The Labute approximate surface area is 119 Å². The third-order valence-electron chi connectivity index (χ3n) is 3.20. The van der Waals surface area contributed by atoms with Crippen molar-refractivity contribution in [3.05, 3.63) is 29.0 Å². The highest BCUT2D eigenvalue weighted by Crippen LogP contribution is 2.16. The normalized spacial score (nSPS) is 11.4. The van der Waals surface area contributed by atoms with Gasteiger partial charge in [-0.1, -0.05) is 25.0 Å². The van der Waals surface area contributed by atoms with Crippen LogP contribution in [0.2, 0.25) is 0 Å². The van der Waals surface area contributed by atoms with Crippen LogP contribution in [0, 0.1) is 5.92 Å². The molecule has 1 atom stereocenters. The maximum absolute atomic E-state index is 10.8. The summed E-state index contributed by atoms with van der Waals surface area (Å²) < 4.78 is 0. The molecule has 0 aromatic carbocycles. The molecule has 0 N–H and O–H groups in total. The Hall–Kier alpha value is -1.07. The molecule has 19 heavy (non-hydrogen) atoms. The zero-order valence-corrected chi connectivity index (χ0v) is 13.4. The highest BCUT2D eigenvalue weighted by Gasteiger charge is 2.01. The lowest BCUT2D eigenvalue weighted by atomic mass is 9.97.